The van der Waals surface area contributed by atoms with Crippen LogP contribution in [-0.4, -0.2) is 45.6 Å². The fraction of sp³-hybridized carbons (Fsp3) is 0.367. The maximum atomic E-state index is 13.4. The molecule has 0 saturated carbocycles. The van der Waals surface area contributed by atoms with Crippen LogP contribution in [0.5, 0.6) is 11.5 Å². The monoisotopic (exact) mass is 580 g/mol. The van der Waals surface area contributed by atoms with Gasteiger partial charge in [-0.15, -0.1) is 0 Å². The summed E-state index contributed by atoms with van der Waals surface area (Å²) in [5, 5.41) is 20.8. The molecule has 0 saturated heterocycles. The largest absolute Gasteiger partial charge is 0.490 e. The summed E-state index contributed by atoms with van der Waals surface area (Å²) >= 11 is 6.76. The second-order valence-electron chi connectivity index (χ2n) is 10.2. The molecule has 10 nitrogen and oxygen atoms in total. The summed E-state index contributed by atoms with van der Waals surface area (Å²) in [5.74, 6) is -1.33. The SMILES string of the molecule is CCOc1cc(C2C3=C(CCCC3=O)N(CC(=O)O)C3=C2C(=O)CCC3)cc(Cl)c1OCc1ccc([N+](=O)[O-])cc1. The molecule has 0 aromatic heterocycles. The lowest BCUT2D eigenvalue weighted by molar-refractivity contribution is -0.384. The molecule has 3 aliphatic rings. The predicted octanol–water partition coefficient (Wildman–Crippen LogP) is 5.72. The lowest BCUT2D eigenvalue weighted by atomic mass is 9.71. The maximum absolute atomic E-state index is 13.4. The Morgan fingerprint density at radius 1 is 1.02 bits per heavy atom. The van der Waals surface area contributed by atoms with Gasteiger partial charge >= 0.3 is 5.97 Å². The third-order valence-electron chi connectivity index (χ3n) is 7.58. The highest BCUT2D eigenvalue weighted by Crippen LogP contribution is 2.51. The minimum atomic E-state index is -1.03. The Hall–Kier alpha value is -4.18. The molecule has 1 N–H and O–H groups in total. The number of rotatable bonds is 9. The van der Waals surface area contributed by atoms with E-state index in [1.807, 2.05) is 6.92 Å². The molecule has 214 valence electrons. The zero-order chi connectivity index (χ0) is 29.3. The van der Waals surface area contributed by atoms with Crippen molar-refractivity contribution in [3.8, 4) is 11.5 Å². The number of non-ortho nitro benzene ring substituents is 1. The minimum Gasteiger partial charge on any atom is -0.490 e. The van der Waals surface area contributed by atoms with Crippen LogP contribution >= 0.6 is 11.6 Å². The second kappa shape index (κ2) is 11.7. The van der Waals surface area contributed by atoms with Crippen molar-refractivity contribution in [1.82, 2.24) is 4.90 Å². The van der Waals surface area contributed by atoms with Gasteiger partial charge in [0.15, 0.2) is 23.1 Å². The highest BCUT2D eigenvalue weighted by atomic mass is 35.5. The summed E-state index contributed by atoms with van der Waals surface area (Å²) in [5.41, 5.74) is 3.48. The van der Waals surface area contributed by atoms with E-state index in [-0.39, 0.29) is 41.2 Å². The van der Waals surface area contributed by atoms with Crippen LogP contribution in [0.2, 0.25) is 5.02 Å². The smallest absolute Gasteiger partial charge is 0.323 e. The van der Waals surface area contributed by atoms with Gasteiger partial charge in [-0.3, -0.25) is 24.5 Å². The van der Waals surface area contributed by atoms with Crippen molar-refractivity contribution >= 4 is 34.8 Å². The summed E-state index contributed by atoms with van der Waals surface area (Å²) in [6.45, 7) is 1.86. The molecule has 2 aromatic carbocycles. The Morgan fingerprint density at radius 2 is 1.63 bits per heavy atom. The third kappa shape index (κ3) is 5.56. The van der Waals surface area contributed by atoms with Crippen LogP contribution in [0.4, 0.5) is 5.69 Å². The van der Waals surface area contributed by atoms with E-state index in [1.165, 1.54) is 12.1 Å². The standard InChI is InChI=1S/C30H29ClN2O8/c1-2-40-25-14-18(13-20(31)30(25)41-16-17-9-11-19(12-10-17)33(38)39)27-28-21(5-3-7-23(28)34)32(15-26(36)37)22-6-4-8-24(35)29(22)27/h9-14,27H,2-8,15-16H2,1H3,(H,36,37). The number of ketones is 2. The number of hydrogen-bond donors (Lipinski definition) is 1. The predicted molar refractivity (Wildman–Crippen MR) is 149 cm³/mol. The number of benzene rings is 2. The number of Topliss-reactive ketones (excluding diaryl/α,β-unsaturated/α-hetero) is 2. The van der Waals surface area contributed by atoms with Crippen molar-refractivity contribution in [1.29, 1.82) is 0 Å². The normalized spacial score (nSPS) is 17.4. The minimum absolute atomic E-state index is 0.0302. The Morgan fingerprint density at radius 3 is 2.17 bits per heavy atom. The van der Waals surface area contributed by atoms with Crippen molar-refractivity contribution in [2.45, 2.75) is 58.0 Å². The molecule has 0 amide bonds. The molecule has 0 atom stereocenters. The zero-order valence-corrected chi connectivity index (χ0v) is 23.2. The van der Waals surface area contributed by atoms with Gasteiger partial charge in [0.1, 0.15) is 13.2 Å². The van der Waals surface area contributed by atoms with E-state index in [0.717, 1.165) is 0 Å². The Balaban J connectivity index is 1.58. The first-order chi connectivity index (χ1) is 19.7. The maximum Gasteiger partial charge on any atom is 0.323 e. The number of halogens is 1. The number of ether oxygens (including phenoxy) is 2. The Kier molecular flexibility index (Phi) is 8.12. The van der Waals surface area contributed by atoms with Gasteiger partial charge < -0.3 is 19.5 Å². The number of carbonyl (C=O) groups excluding carboxylic acids is 2. The van der Waals surface area contributed by atoms with E-state index >= 15 is 0 Å². The van der Waals surface area contributed by atoms with Gasteiger partial charge in [-0.1, -0.05) is 11.6 Å². The summed E-state index contributed by atoms with van der Waals surface area (Å²) in [7, 11) is 0. The number of nitrogens with zero attached hydrogens (tertiary/aromatic N) is 2. The van der Waals surface area contributed by atoms with Crippen molar-refractivity contribution in [2.75, 3.05) is 13.2 Å². The van der Waals surface area contributed by atoms with Crippen LogP contribution in [-0.2, 0) is 21.0 Å². The summed E-state index contributed by atoms with van der Waals surface area (Å²) in [4.78, 5) is 50.8. The molecule has 1 heterocycles. The summed E-state index contributed by atoms with van der Waals surface area (Å²) in [6.07, 6.45) is 2.93. The zero-order valence-electron chi connectivity index (χ0n) is 22.5. The van der Waals surface area contributed by atoms with Crippen molar-refractivity contribution < 1.29 is 33.9 Å². The highest BCUT2D eigenvalue weighted by Gasteiger charge is 2.44. The van der Waals surface area contributed by atoms with Crippen LogP contribution in [0.1, 0.15) is 62.5 Å². The molecule has 0 spiro atoms. The van der Waals surface area contributed by atoms with Gasteiger partial charge in [0.25, 0.3) is 5.69 Å². The van der Waals surface area contributed by atoms with Crippen LogP contribution in [0, 0.1) is 10.1 Å². The summed E-state index contributed by atoms with van der Waals surface area (Å²) < 4.78 is 11.9. The molecule has 0 unspecified atom stereocenters. The number of aliphatic carboxylic acids is 1. The average molecular weight is 581 g/mol. The van der Waals surface area contributed by atoms with E-state index in [4.69, 9.17) is 21.1 Å². The van der Waals surface area contributed by atoms with Crippen molar-refractivity contribution in [2.24, 2.45) is 0 Å². The lowest BCUT2D eigenvalue weighted by Crippen LogP contribution is -2.41. The molecule has 41 heavy (non-hydrogen) atoms. The van der Waals surface area contributed by atoms with E-state index < -0.39 is 16.8 Å². The third-order valence-corrected chi connectivity index (χ3v) is 7.86. The van der Waals surface area contributed by atoms with Crippen LogP contribution < -0.4 is 9.47 Å². The molecule has 0 fully saturated rings. The number of carboxylic acids is 1. The molecule has 2 aromatic rings. The van der Waals surface area contributed by atoms with Crippen LogP contribution in [0.25, 0.3) is 0 Å². The fourth-order valence-electron chi connectivity index (χ4n) is 5.90. The van der Waals surface area contributed by atoms with Gasteiger partial charge in [0.2, 0.25) is 0 Å². The topological polar surface area (TPSA) is 136 Å². The van der Waals surface area contributed by atoms with E-state index in [1.54, 1.807) is 29.2 Å². The number of carbonyl (C=O) groups is 3. The van der Waals surface area contributed by atoms with Crippen molar-refractivity contribution in [3.05, 3.63) is 85.2 Å². The van der Waals surface area contributed by atoms with Gasteiger partial charge in [-0.2, -0.15) is 0 Å². The van der Waals surface area contributed by atoms with Gasteiger partial charge in [0, 0.05) is 53.4 Å². The molecule has 11 heteroatoms. The van der Waals surface area contributed by atoms with Crippen LogP contribution in [0.15, 0.2) is 58.9 Å². The van der Waals surface area contributed by atoms with Gasteiger partial charge in [-0.05, 0) is 68.0 Å². The molecule has 1 aliphatic heterocycles. The van der Waals surface area contributed by atoms with E-state index in [9.17, 15) is 29.6 Å². The van der Waals surface area contributed by atoms with E-state index in [0.29, 0.717) is 84.5 Å². The summed E-state index contributed by atoms with van der Waals surface area (Å²) in [6, 6.07) is 9.38. The average Bonchev–Trinajstić information content (AvgIpc) is 2.93. The van der Waals surface area contributed by atoms with Gasteiger partial charge in [-0.25, -0.2) is 0 Å². The highest BCUT2D eigenvalue weighted by molar-refractivity contribution is 6.32. The molecule has 5 rings (SSSR count). The lowest BCUT2D eigenvalue weighted by Gasteiger charge is -2.43. The fourth-order valence-corrected chi connectivity index (χ4v) is 6.18. The quantitative estimate of drug-likeness (QED) is 0.291. The first-order valence-corrected chi connectivity index (χ1v) is 13.9. The van der Waals surface area contributed by atoms with E-state index in [2.05, 4.69) is 0 Å². The number of nitro groups is 1. The number of carboxylic acid groups (broad SMARTS) is 1. The molecule has 0 radical (unpaired) electrons. The number of hydrogen-bond acceptors (Lipinski definition) is 8. The van der Waals surface area contributed by atoms with Gasteiger partial charge in [0.05, 0.1) is 16.6 Å². The Labute approximate surface area is 241 Å². The molecule has 2 aliphatic carbocycles. The molecule has 0 bridgehead atoms. The second-order valence-corrected chi connectivity index (χ2v) is 10.6. The number of allylic oxidation sites excluding steroid dienone is 4. The van der Waals surface area contributed by atoms with Crippen molar-refractivity contribution in [3.63, 3.8) is 0 Å². The first-order valence-electron chi connectivity index (χ1n) is 13.5. The molecular weight excluding hydrogens is 552 g/mol. The number of nitro benzene ring substituents is 1. The van der Waals surface area contributed by atoms with Crippen LogP contribution in [0.3, 0.4) is 0 Å². The molecular formula is C30H29ClN2O8. The Bertz CT molecular complexity index is 1450. The first kappa shape index (κ1) is 28.4.